The third kappa shape index (κ3) is 1.93. The van der Waals surface area contributed by atoms with E-state index in [1.54, 1.807) is 0 Å². The van der Waals surface area contributed by atoms with Gasteiger partial charge in [-0.3, -0.25) is 0 Å². The molecule has 0 spiro atoms. The van der Waals surface area contributed by atoms with Crippen molar-refractivity contribution >= 4 is 5.84 Å². The van der Waals surface area contributed by atoms with Gasteiger partial charge in [0.2, 0.25) is 0 Å². The number of aliphatic imine (C=N–C) groups is 1. The predicted molar refractivity (Wildman–Crippen MR) is 61.4 cm³/mol. The average Bonchev–Trinajstić information content (AvgIpc) is 2.91. The van der Waals surface area contributed by atoms with Crippen LogP contribution in [0.5, 0.6) is 0 Å². The highest BCUT2D eigenvalue weighted by Crippen LogP contribution is 2.24. The number of likely N-dealkylation sites (tertiary alicyclic amines) is 1. The van der Waals surface area contributed by atoms with Gasteiger partial charge in [0.1, 0.15) is 5.70 Å². The summed E-state index contributed by atoms with van der Waals surface area (Å²) in [4.78, 5) is 7.22. The first-order chi connectivity index (χ1) is 7.42. The van der Waals surface area contributed by atoms with Crippen molar-refractivity contribution in [2.45, 2.75) is 38.5 Å². The molecule has 0 amide bonds. The Hall–Kier alpha value is -0.830. The first-order valence-corrected chi connectivity index (χ1v) is 6.21. The van der Waals surface area contributed by atoms with Gasteiger partial charge in [0.05, 0.1) is 6.42 Å². The monoisotopic (exact) mass is 205 g/mol. The summed E-state index contributed by atoms with van der Waals surface area (Å²) in [7, 11) is 0. The highest BCUT2D eigenvalue weighted by molar-refractivity contribution is 5.86. The third-order valence-electron chi connectivity index (χ3n) is 3.62. The Kier molecular flexibility index (Phi) is 2.49. The summed E-state index contributed by atoms with van der Waals surface area (Å²) in [5, 5.41) is 3.48. The predicted octanol–water partition coefficient (Wildman–Crippen LogP) is 1.21. The SMILES string of the molecule is C1CC2=C(C1)NC(CCN1CCCC1)=[N+]2. The highest BCUT2D eigenvalue weighted by atomic mass is 15.1. The van der Waals surface area contributed by atoms with Crippen molar-refractivity contribution in [1.29, 1.82) is 0 Å². The number of nitrogens with zero attached hydrogens (tertiary/aromatic N) is 2. The number of hydrogen-bond donors (Lipinski definition) is 1. The summed E-state index contributed by atoms with van der Waals surface area (Å²) in [5.74, 6) is 1.21. The van der Waals surface area contributed by atoms with Crippen LogP contribution < -0.4 is 10.3 Å². The summed E-state index contributed by atoms with van der Waals surface area (Å²) < 4.78 is 0. The molecule has 1 fully saturated rings. The molecule has 3 heteroatoms. The Morgan fingerprint density at radius 3 is 2.80 bits per heavy atom. The van der Waals surface area contributed by atoms with Crippen molar-refractivity contribution in [3.8, 4) is 0 Å². The van der Waals surface area contributed by atoms with E-state index in [-0.39, 0.29) is 0 Å². The van der Waals surface area contributed by atoms with Gasteiger partial charge in [0.15, 0.2) is 5.70 Å². The molecule has 81 valence electrons. The second-order valence-corrected chi connectivity index (χ2v) is 4.76. The molecule has 0 bridgehead atoms. The molecule has 3 aliphatic rings. The molecule has 2 heterocycles. The largest absolute Gasteiger partial charge is 0.303 e. The molecule has 0 unspecified atom stereocenters. The van der Waals surface area contributed by atoms with Crippen LogP contribution in [0.15, 0.2) is 11.4 Å². The molecular weight excluding hydrogens is 186 g/mol. The number of hydrogen-bond acceptors (Lipinski definition) is 3. The maximum atomic E-state index is 4.67. The number of amidine groups is 1. The first kappa shape index (κ1) is 9.40. The van der Waals surface area contributed by atoms with Crippen molar-refractivity contribution in [2.24, 2.45) is 0 Å². The van der Waals surface area contributed by atoms with Gasteiger partial charge in [-0.05, 0) is 37.3 Å². The smallest absolute Gasteiger partial charge is 0.298 e. The van der Waals surface area contributed by atoms with E-state index in [0.29, 0.717) is 0 Å². The minimum atomic E-state index is 1.10. The van der Waals surface area contributed by atoms with Crippen LogP contribution in [0.4, 0.5) is 0 Å². The van der Waals surface area contributed by atoms with Crippen LogP contribution in [-0.4, -0.2) is 30.4 Å². The van der Waals surface area contributed by atoms with Crippen LogP contribution >= 0.6 is 0 Å². The number of nitrogens with one attached hydrogen (secondary N) is 1. The third-order valence-corrected chi connectivity index (χ3v) is 3.62. The lowest BCUT2D eigenvalue weighted by Crippen LogP contribution is -2.28. The molecule has 15 heavy (non-hydrogen) atoms. The van der Waals surface area contributed by atoms with Gasteiger partial charge in [-0.25, -0.2) is 5.32 Å². The van der Waals surface area contributed by atoms with E-state index in [4.69, 9.17) is 0 Å². The first-order valence-electron chi connectivity index (χ1n) is 6.21. The molecule has 1 radical (unpaired) electrons. The maximum Gasteiger partial charge on any atom is 0.298 e. The molecule has 0 atom stereocenters. The van der Waals surface area contributed by atoms with E-state index >= 15 is 0 Å². The summed E-state index contributed by atoms with van der Waals surface area (Å²) in [6.07, 6.45) is 7.57. The quantitative estimate of drug-likeness (QED) is 0.750. The molecule has 1 aliphatic carbocycles. The molecule has 0 aromatic rings. The fourth-order valence-electron chi connectivity index (χ4n) is 2.74. The topological polar surface area (TPSA) is 29.4 Å². The van der Waals surface area contributed by atoms with Gasteiger partial charge in [0, 0.05) is 19.4 Å². The van der Waals surface area contributed by atoms with Crippen LogP contribution in [0.3, 0.4) is 0 Å². The Morgan fingerprint density at radius 1 is 1.13 bits per heavy atom. The summed E-state index contributed by atoms with van der Waals surface area (Å²) in [6.45, 7) is 3.77. The number of allylic oxidation sites excluding steroid dienone is 2. The van der Waals surface area contributed by atoms with Gasteiger partial charge < -0.3 is 4.90 Å². The summed E-state index contributed by atoms with van der Waals surface area (Å²) >= 11 is 0. The number of rotatable bonds is 3. The minimum Gasteiger partial charge on any atom is -0.303 e. The van der Waals surface area contributed by atoms with Gasteiger partial charge in [-0.1, -0.05) is 0 Å². The lowest BCUT2D eigenvalue weighted by atomic mass is 10.3. The van der Waals surface area contributed by atoms with Crippen molar-refractivity contribution in [1.82, 2.24) is 15.2 Å². The normalized spacial score (nSPS) is 25.7. The van der Waals surface area contributed by atoms with Crippen LogP contribution in [0.25, 0.3) is 0 Å². The molecule has 0 aromatic carbocycles. The Morgan fingerprint density at radius 2 is 2.00 bits per heavy atom. The van der Waals surface area contributed by atoms with E-state index in [1.165, 1.54) is 69.0 Å². The van der Waals surface area contributed by atoms with Gasteiger partial charge in [-0.15, -0.1) is 0 Å². The fraction of sp³-hybridized carbons (Fsp3) is 0.750. The zero-order chi connectivity index (χ0) is 10.1. The van der Waals surface area contributed by atoms with E-state index in [1.807, 2.05) is 0 Å². The Bertz CT molecular complexity index is 311. The zero-order valence-corrected chi connectivity index (χ0v) is 9.26. The van der Waals surface area contributed by atoms with Crippen LogP contribution in [-0.2, 0) is 0 Å². The van der Waals surface area contributed by atoms with E-state index in [2.05, 4.69) is 15.2 Å². The Balaban J connectivity index is 1.49. The molecule has 0 aromatic heterocycles. The van der Waals surface area contributed by atoms with E-state index < -0.39 is 0 Å². The molecular formula is C12H19N3+. The molecule has 2 aliphatic heterocycles. The average molecular weight is 205 g/mol. The van der Waals surface area contributed by atoms with Crippen molar-refractivity contribution < 1.29 is 0 Å². The fourth-order valence-corrected chi connectivity index (χ4v) is 2.74. The lowest BCUT2D eigenvalue weighted by Gasteiger charge is -2.12. The van der Waals surface area contributed by atoms with Gasteiger partial charge in [0.25, 0.3) is 5.84 Å². The highest BCUT2D eigenvalue weighted by Gasteiger charge is 2.31. The van der Waals surface area contributed by atoms with Crippen LogP contribution in [0.2, 0.25) is 0 Å². The zero-order valence-electron chi connectivity index (χ0n) is 9.26. The summed E-state index contributed by atoms with van der Waals surface area (Å²) in [6, 6.07) is 0. The molecule has 1 saturated heterocycles. The summed E-state index contributed by atoms with van der Waals surface area (Å²) in [5.41, 5.74) is 2.75. The van der Waals surface area contributed by atoms with Crippen LogP contribution in [0.1, 0.15) is 38.5 Å². The molecule has 3 rings (SSSR count). The van der Waals surface area contributed by atoms with Crippen LogP contribution in [0, 0.1) is 0 Å². The molecule has 1 N–H and O–H groups in total. The van der Waals surface area contributed by atoms with E-state index in [0.717, 1.165) is 6.42 Å². The lowest BCUT2D eigenvalue weighted by molar-refractivity contribution is 0.349. The Labute approximate surface area is 91.3 Å². The minimum absolute atomic E-state index is 1.10. The second kappa shape index (κ2) is 3.97. The van der Waals surface area contributed by atoms with Gasteiger partial charge >= 0.3 is 0 Å². The van der Waals surface area contributed by atoms with Crippen molar-refractivity contribution in [3.63, 3.8) is 0 Å². The van der Waals surface area contributed by atoms with Crippen molar-refractivity contribution in [2.75, 3.05) is 19.6 Å². The van der Waals surface area contributed by atoms with E-state index in [9.17, 15) is 0 Å². The standard InChI is InChI=1S/C12H19N3/c1-2-8-15(7-1)9-6-12-13-10-4-3-5-11(10)14-12/h13H,1-9H2/q+1. The van der Waals surface area contributed by atoms with Gasteiger partial charge in [-0.2, -0.15) is 0 Å². The van der Waals surface area contributed by atoms with Crippen molar-refractivity contribution in [3.05, 3.63) is 11.4 Å². The maximum absolute atomic E-state index is 4.67. The molecule has 0 saturated carbocycles. The molecule has 3 nitrogen and oxygen atoms in total. The second-order valence-electron chi connectivity index (χ2n) is 4.76.